The summed E-state index contributed by atoms with van der Waals surface area (Å²) in [5.41, 5.74) is 3.82. The zero-order valence-corrected chi connectivity index (χ0v) is 29.1. The maximum absolute atomic E-state index is 12.5. The maximum Gasteiger partial charge on any atom is 0.269 e. The highest BCUT2D eigenvalue weighted by Gasteiger charge is 2.47. The van der Waals surface area contributed by atoms with Crippen LogP contribution in [-0.4, -0.2) is 77.0 Å². The van der Waals surface area contributed by atoms with Crippen molar-refractivity contribution in [3.05, 3.63) is 52.0 Å². The number of amides is 1. The second kappa shape index (κ2) is 14.1. The third-order valence-electron chi connectivity index (χ3n) is 10.3. The number of rotatable bonds is 8. The van der Waals surface area contributed by atoms with Gasteiger partial charge < -0.3 is 15.0 Å². The molecule has 48 heavy (non-hydrogen) atoms. The fourth-order valence-electron chi connectivity index (χ4n) is 7.75. The van der Waals surface area contributed by atoms with Gasteiger partial charge in [0.1, 0.15) is 28.2 Å². The molecule has 0 aromatic carbocycles. The van der Waals surface area contributed by atoms with Crippen LogP contribution in [-0.2, 0) is 4.79 Å². The number of ether oxygens (including phenoxy) is 1. The van der Waals surface area contributed by atoms with E-state index in [1.54, 1.807) is 35.4 Å². The van der Waals surface area contributed by atoms with Gasteiger partial charge in [-0.1, -0.05) is 19.3 Å². The molecule has 11 nitrogen and oxygen atoms in total. The summed E-state index contributed by atoms with van der Waals surface area (Å²) in [6, 6.07) is 4.03. The number of aliphatic imine (C=N–C) groups is 1. The number of hydrogen-bond donors (Lipinski definition) is 5. The van der Waals surface area contributed by atoms with Crippen molar-refractivity contribution in [3.8, 4) is 5.88 Å². The number of aromatic nitrogens is 1. The Labute approximate surface area is 286 Å². The summed E-state index contributed by atoms with van der Waals surface area (Å²) in [6.07, 6.45) is 14.6. The molecule has 0 bridgehead atoms. The summed E-state index contributed by atoms with van der Waals surface area (Å²) >= 11 is 1.59. The summed E-state index contributed by atoms with van der Waals surface area (Å²) in [6.45, 7) is 8.26. The average molecular weight is 670 g/mol. The second-order valence-corrected chi connectivity index (χ2v) is 15.1. The number of pyridine rings is 1. The van der Waals surface area contributed by atoms with Crippen molar-refractivity contribution in [3.63, 3.8) is 0 Å². The van der Waals surface area contributed by atoms with Crippen LogP contribution < -0.4 is 15.0 Å². The lowest BCUT2D eigenvalue weighted by molar-refractivity contribution is -0.115. The van der Waals surface area contributed by atoms with Gasteiger partial charge in [-0.2, -0.15) is 0 Å². The van der Waals surface area contributed by atoms with E-state index in [0.717, 1.165) is 96.7 Å². The van der Waals surface area contributed by atoms with Crippen LogP contribution >= 0.6 is 11.3 Å². The molecule has 6 rings (SSSR count). The Hall–Kier alpha value is -4.19. The number of hydrogen-bond acceptors (Lipinski definition) is 9. The van der Waals surface area contributed by atoms with Gasteiger partial charge in [-0.15, -0.1) is 11.3 Å². The summed E-state index contributed by atoms with van der Waals surface area (Å²) in [7, 11) is 0. The lowest BCUT2D eigenvalue weighted by Crippen LogP contribution is -2.52. The topological polar surface area (TPSA) is 165 Å². The zero-order valence-electron chi connectivity index (χ0n) is 28.2. The van der Waals surface area contributed by atoms with Gasteiger partial charge in [0.25, 0.3) is 5.91 Å². The smallest absolute Gasteiger partial charge is 0.269 e. The molecular formula is C36H47N9O2S. The van der Waals surface area contributed by atoms with E-state index in [9.17, 15) is 4.79 Å². The van der Waals surface area contributed by atoms with Crippen molar-refractivity contribution in [2.24, 2.45) is 16.3 Å². The van der Waals surface area contributed by atoms with Crippen molar-refractivity contribution >= 4 is 51.2 Å². The molecule has 1 spiro atoms. The molecule has 1 saturated heterocycles. The van der Waals surface area contributed by atoms with E-state index in [2.05, 4.69) is 29.0 Å². The van der Waals surface area contributed by atoms with Crippen LogP contribution in [0.3, 0.4) is 0 Å². The summed E-state index contributed by atoms with van der Waals surface area (Å²) in [5.74, 6) is 1.61. The molecule has 2 aliphatic carbocycles. The van der Waals surface area contributed by atoms with E-state index < -0.39 is 0 Å². The van der Waals surface area contributed by atoms with Gasteiger partial charge in [-0.3, -0.25) is 36.3 Å². The fourth-order valence-corrected chi connectivity index (χ4v) is 8.99. The number of thiophene rings is 1. The standard InChI is InChI=1S/C36H47N9O2S/c1-22-23(2)48-35-32(22)33(42-19-30(40)45(35)24(3)37)26-10-13-31(41-18-26)47-20-25-16-36(17-25)14-7-15-44(21-36)29(39)12-11-28(38)34(46)43-27-8-5-4-6-9-27/h10-13,18,25,27,37-40H,4-9,14-17,19-21H2,1-3H3,(H,43,46)/b12-11-,37-24?,38-28?,39-29?,40-30?. The van der Waals surface area contributed by atoms with Gasteiger partial charge in [0.05, 0.1) is 18.9 Å². The first-order chi connectivity index (χ1) is 23.0. The number of anilines is 1. The Bertz CT molecular complexity index is 1660. The molecule has 4 aliphatic rings. The van der Waals surface area contributed by atoms with E-state index in [1.165, 1.54) is 12.5 Å². The van der Waals surface area contributed by atoms with E-state index in [-0.39, 0.29) is 35.5 Å². The molecule has 2 saturated carbocycles. The molecule has 4 heterocycles. The lowest BCUT2D eigenvalue weighted by atomic mass is 9.58. The normalized spacial score (nSPS) is 22.9. The first-order valence-electron chi connectivity index (χ1n) is 17.1. The molecule has 2 aliphatic heterocycles. The summed E-state index contributed by atoms with van der Waals surface area (Å²) < 4.78 is 6.14. The van der Waals surface area contributed by atoms with Crippen LogP contribution in [0, 0.1) is 46.8 Å². The van der Waals surface area contributed by atoms with Crippen molar-refractivity contribution < 1.29 is 9.53 Å². The number of amidine groups is 3. The van der Waals surface area contributed by atoms with Gasteiger partial charge >= 0.3 is 0 Å². The molecule has 3 fully saturated rings. The number of nitrogens with one attached hydrogen (secondary N) is 5. The Morgan fingerprint density at radius 1 is 1.12 bits per heavy atom. The third kappa shape index (κ3) is 7.13. The molecule has 12 heteroatoms. The van der Waals surface area contributed by atoms with Crippen LogP contribution in [0.4, 0.5) is 5.00 Å². The summed E-state index contributed by atoms with van der Waals surface area (Å²) in [4.78, 5) is 26.8. The van der Waals surface area contributed by atoms with E-state index in [4.69, 9.17) is 31.4 Å². The average Bonchev–Trinajstić information content (AvgIpc) is 3.25. The number of carbonyl (C=O) groups is 1. The number of piperidine rings is 1. The molecule has 254 valence electrons. The number of carbonyl (C=O) groups excluding carboxylic acids is 1. The van der Waals surface area contributed by atoms with E-state index in [0.29, 0.717) is 30.1 Å². The van der Waals surface area contributed by atoms with Crippen molar-refractivity contribution in [2.75, 3.05) is 31.1 Å². The second-order valence-electron chi connectivity index (χ2n) is 13.9. The predicted molar refractivity (Wildman–Crippen MR) is 193 cm³/mol. The quantitative estimate of drug-likeness (QED) is 0.165. The minimum Gasteiger partial charge on any atom is -0.477 e. The number of nitrogens with zero attached hydrogens (tertiary/aromatic N) is 4. The summed E-state index contributed by atoms with van der Waals surface area (Å²) in [5, 5.41) is 37.5. The van der Waals surface area contributed by atoms with Gasteiger partial charge in [0.15, 0.2) is 0 Å². The van der Waals surface area contributed by atoms with Crippen LogP contribution in [0.15, 0.2) is 35.5 Å². The van der Waals surface area contributed by atoms with Crippen LogP contribution in [0.5, 0.6) is 5.88 Å². The Balaban J connectivity index is 1.00. The molecular weight excluding hydrogens is 623 g/mol. The molecule has 2 aromatic heterocycles. The van der Waals surface area contributed by atoms with Gasteiger partial charge in [-0.05, 0) is 94.4 Å². The maximum atomic E-state index is 12.5. The minimum atomic E-state index is -0.348. The van der Waals surface area contributed by atoms with Gasteiger partial charge in [-0.25, -0.2) is 4.98 Å². The largest absolute Gasteiger partial charge is 0.477 e. The number of likely N-dealkylation sites (tertiary alicyclic amines) is 1. The molecule has 0 radical (unpaired) electrons. The van der Waals surface area contributed by atoms with E-state index in [1.807, 2.05) is 12.1 Å². The van der Waals surface area contributed by atoms with E-state index >= 15 is 0 Å². The highest BCUT2D eigenvalue weighted by Crippen LogP contribution is 2.51. The first kappa shape index (κ1) is 33.7. The molecule has 0 atom stereocenters. The highest BCUT2D eigenvalue weighted by atomic mass is 32.1. The van der Waals surface area contributed by atoms with Crippen molar-refractivity contribution in [1.82, 2.24) is 15.2 Å². The fraction of sp³-hybridized carbons (Fsp3) is 0.528. The SMILES string of the molecule is CC(=N)N1C(=N)CN=C(c2ccc(OCC3CC4(CCCN(C(=N)/C=C\C(=N)C(=O)NC5CCCCC5)C4)C3)nc2)c2c1sc(C)c2C. The number of aryl methyl sites for hydroxylation is 1. The molecule has 2 aromatic rings. The lowest BCUT2D eigenvalue weighted by Gasteiger charge is -2.53. The van der Waals surface area contributed by atoms with Crippen molar-refractivity contribution in [1.29, 1.82) is 21.6 Å². The monoisotopic (exact) mass is 669 g/mol. The molecule has 1 amide bonds. The predicted octanol–water partition coefficient (Wildman–Crippen LogP) is 6.26. The van der Waals surface area contributed by atoms with Gasteiger partial charge in [0, 0.05) is 47.4 Å². The molecule has 0 unspecified atom stereocenters. The van der Waals surface area contributed by atoms with Crippen LogP contribution in [0.25, 0.3) is 0 Å². The minimum absolute atomic E-state index is 0.0896. The Morgan fingerprint density at radius 3 is 2.60 bits per heavy atom. The number of fused-ring (bicyclic) bond motifs is 1. The van der Waals surface area contributed by atoms with Crippen LogP contribution in [0.2, 0.25) is 0 Å². The zero-order chi connectivity index (χ0) is 34.0. The first-order valence-corrected chi connectivity index (χ1v) is 17.9. The third-order valence-corrected chi connectivity index (χ3v) is 11.5. The molecule has 5 N–H and O–H groups in total. The Morgan fingerprint density at radius 2 is 1.90 bits per heavy atom. The van der Waals surface area contributed by atoms with Crippen LogP contribution in [0.1, 0.15) is 86.3 Å². The van der Waals surface area contributed by atoms with Crippen molar-refractivity contribution in [2.45, 2.75) is 84.6 Å². The Kier molecular flexibility index (Phi) is 9.91. The van der Waals surface area contributed by atoms with Gasteiger partial charge in [0.2, 0.25) is 5.88 Å². The highest BCUT2D eigenvalue weighted by molar-refractivity contribution is 7.17.